The van der Waals surface area contributed by atoms with Crippen molar-refractivity contribution in [2.75, 3.05) is 19.0 Å². The molecule has 3 rings (SSSR count). The van der Waals surface area contributed by atoms with E-state index in [1.165, 1.54) is 0 Å². The van der Waals surface area contributed by atoms with E-state index >= 15 is 0 Å². The molecule has 0 aliphatic rings. The minimum absolute atomic E-state index is 0.221. The Balaban J connectivity index is 1.59. The van der Waals surface area contributed by atoms with Crippen LogP contribution in [0.5, 0.6) is 11.5 Å². The van der Waals surface area contributed by atoms with Crippen molar-refractivity contribution < 1.29 is 19.1 Å². The summed E-state index contributed by atoms with van der Waals surface area (Å²) >= 11 is 0. The predicted octanol–water partition coefficient (Wildman–Crippen LogP) is 4.70. The van der Waals surface area contributed by atoms with Crippen LogP contribution in [0.15, 0.2) is 67.0 Å². The van der Waals surface area contributed by atoms with E-state index in [0.29, 0.717) is 47.4 Å². The van der Waals surface area contributed by atoms with Crippen LogP contribution in [0, 0.1) is 5.92 Å². The van der Waals surface area contributed by atoms with Gasteiger partial charge in [-0.05, 0) is 60.4 Å². The molecule has 0 atom stereocenters. The van der Waals surface area contributed by atoms with E-state index in [1.807, 2.05) is 18.2 Å². The molecule has 172 valence electrons. The van der Waals surface area contributed by atoms with E-state index < -0.39 is 0 Å². The summed E-state index contributed by atoms with van der Waals surface area (Å²) in [5, 5.41) is 5.75. The van der Waals surface area contributed by atoms with Crippen LogP contribution in [0.3, 0.4) is 0 Å². The average Bonchev–Trinajstić information content (AvgIpc) is 2.83. The fourth-order valence-corrected chi connectivity index (χ4v) is 3.08. The molecule has 1 aromatic heterocycles. The van der Waals surface area contributed by atoms with Gasteiger partial charge in [0.05, 0.1) is 13.7 Å². The van der Waals surface area contributed by atoms with Crippen molar-refractivity contribution in [3.8, 4) is 11.5 Å². The lowest BCUT2D eigenvalue weighted by Crippen LogP contribution is -2.23. The Hall–Kier alpha value is -3.87. The molecule has 0 aliphatic carbocycles. The van der Waals surface area contributed by atoms with Crippen molar-refractivity contribution >= 4 is 17.5 Å². The van der Waals surface area contributed by atoms with Gasteiger partial charge in [-0.3, -0.25) is 14.6 Å². The molecular formula is C26H29N3O4. The summed E-state index contributed by atoms with van der Waals surface area (Å²) in [5.41, 5.74) is 2.50. The van der Waals surface area contributed by atoms with Crippen LogP contribution in [0.1, 0.15) is 46.5 Å². The zero-order valence-electron chi connectivity index (χ0n) is 19.1. The summed E-state index contributed by atoms with van der Waals surface area (Å²) in [6.45, 7) is 5.18. The minimum atomic E-state index is -0.228. The molecule has 0 radical (unpaired) electrons. The number of nitrogens with one attached hydrogen (secondary N) is 2. The number of benzene rings is 2. The van der Waals surface area contributed by atoms with Crippen LogP contribution < -0.4 is 20.1 Å². The number of hydrogen-bond acceptors (Lipinski definition) is 5. The van der Waals surface area contributed by atoms with Gasteiger partial charge in [0.25, 0.3) is 11.8 Å². The maximum Gasteiger partial charge on any atom is 0.255 e. The number of hydrogen-bond donors (Lipinski definition) is 2. The Morgan fingerprint density at radius 1 is 0.939 bits per heavy atom. The molecule has 1 heterocycles. The molecule has 2 N–H and O–H groups in total. The van der Waals surface area contributed by atoms with Gasteiger partial charge in [0, 0.05) is 35.8 Å². The number of anilines is 1. The van der Waals surface area contributed by atoms with E-state index in [0.717, 1.165) is 12.0 Å². The summed E-state index contributed by atoms with van der Waals surface area (Å²) < 4.78 is 11.2. The van der Waals surface area contributed by atoms with Crippen LogP contribution in [0.2, 0.25) is 0 Å². The monoisotopic (exact) mass is 447 g/mol. The topological polar surface area (TPSA) is 89.6 Å². The van der Waals surface area contributed by atoms with Crippen molar-refractivity contribution in [1.29, 1.82) is 0 Å². The predicted molar refractivity (Wildman–Crippen MR) is 128 cm³/mol. The zero-order chi connectivity index (χ0) is 23.6. The van der Waals surface area contributed by atoms with Crippen LogP contribution in [-0.2, 0) is 6.54 Å². The highest BCUT2D eigenvalue weighted by atomic mass is 16.5. The molecule has 0 aliphatic heterocycles. The summed E-state index contributed by atoms with van der Waals surface area (Å²) in [6.07, 6.45) is 4.08. The molecular weight excluding hydrogens is 418 g/mol. The number of aromatic nitrogens is 1. The molecule has 3 aromatic rings. The molecule has 0 bridgehead atoms. The van der Waals surface area contributed by atoms with E-state index in [9.17, 15) is 9.59 Å². The molecule has 33 heavy (non-hydrogen) atoms. The molecule has 0 saturated carbocycles. The first-order chi connectivity index (χ1) is 16.0. The van der Waals surface area contributed by atoms with Crippen molar-refractivity contribution in [3.63, 3.8) is 0 Å². The van der Waals surface area contributed by atoms with E-state index in [-0.39, 0.29) is 11.8 Å². The zero-order valence-corrected chi connectivity index (χ0v) is 19.1. The van der Waals surface area contributed by atoms with Crippen molar-refractivity contribution in [1.82, 2.24) is 10.3 Å². The van der Waals surface area contributed by atoms with Gasteiger partial charge in [-0.1, -0.05) is 26.0 Å². The lowest BCUT2D eigenvalue weighted by Gasteiger charge is -2.13. The summed E-state index contributed by atoms with van der Waals surface area (Å²) in [4.78, 5) is 28.9. The van der Waals surface area contributed by atoms with Crippen molar-refractivity contribution in [2.24, 2.45) is 5.92 Å². The SMILES string of the molecule is COc1cc(C(=O)NCc2cccc(NC(=O)c3ccncc3)c2)ccc1OCCC(C)C. The Morgan fingerprint density at radius 3 is 2.45 bits per heavy atom. The number of methoxy groups -OCH3 is 1. The van der Waals surface area contributed by atoms with Gasteiger partial charge in [0.1, 0.15) is 0 Å². The standard InChI is InChI=1S/C26H29N3O4/c1-18(2)11-14-33-23-8-7-21(16-24(23)32-3)25(30)28-17-19-5-4-6-22(15-19)29-26(31)20-9-12-27-13-10-20/h4-10,12-13,15-16,18H,11,14,17H2,1-3H3,(H,28,30)(H,29,31). The normalized spacial score (nSPS) is 10.5. The first-order valence-electron chi connectivity index (χ1n) is 10.9. The van der Waals surface area contributed by atoms with Crippen LogP contribution in [0.4, 0.5) is 5.69 Å². The van der Waals surface area contributed by atoms with Crippen LogP contribution in [0.25, 0.3) is 0 Å². The van der Waals surface area contributed by atoms with E-state index in [2.05, 4.69) is 29.5 Å². The average molecular weight is 448 g/mol. The fourth-order valence-electron chi connectivity index (χ4n) is 3.08. The number of carbonyl (C=O) groups excluding carboxylic acids is 2. The van der Waals surface area contributed by atoms with Crippen LogP contribution >= 0.6 is 0 Å². The Kier molecular flexibility index (Phi) is 8.41. The highest BCUT2D eigenvalue weighted by Gasteiger charge is 2.12. The molecule has 0 fully saturated rings. The molecule has 0 spiro atoms. The largest absolute Gasteiger partial charge is 0.493 e. The van der Waals surface area contributed by atoms with Gasteiger partial charge in [-0.2, -0.15) is 0 Å². The smallest absolute Gasteiger partial charge is 0.255 e. The molecule has 0 unspecified atom stereocenters. The fraction of sp³-hybridized carbons (Fsp3) is 0.269. The third-order valence-electron chi connectivity index (χ3n) is 4.96. The second-order valence-electron chi connectivity index (χ2n) is 7.97. The number of nitrogens with zero attached hydrogens (tertiary/aromatic N) is 1. The second kappa shape index (κ2) is 11.7. The lowest BCUT2D eigenvalue weighted by molar-refractivity contribution is 0.0949. The number of ether oxygens (including phenoxy) is 2. The van der Waals surface area contributed by atoms with Crippen molar-refractivity contribution in [2.45, 2.75) is 26.8 Å². The number of carbonyl (C=O) groups is 2. The Bertz CT molecular complexity index is 1080. The Morgan fingerprint density at radius 2 is 1.73 bits per heavy atom. The third-order valence-corrected chi connectivity index (χ3v) is 4.96. The number of pyridine rings is 1. The second-order valence-corrected chi connectivity index (χ2v) is 7.97. The molecule has 7 heteroatoms. The molecule has 7 nitrogen and oxygen atoms in total. The van der Waals surface area contributed by atoms with Gasteiger partial charge in [-0.25, -0.2) is 0 Å². The van der Waals surface area contributed by atoms with Crippen molar-refractivity contribution in [3.05, 3.63) is 83.7 Å². The number of amides is 2. The molecule has 2 aromatic carbocycles. The summed E-state index contributed by atoms with van der Waals surface area (Å²) in [7, 11) is 1.55. The maximum atomic E-state index is 12.7. The lowest BCUT2D eigenvalue weighted by atomic mass is 10.1. The minimum Gasteiger partial charge on any atom is -0.493 e. The van der Waals surface area contributed by atoms with Gasteiger partial charge in [0.15, 0.2) is 11.5 Å². The number of rotatable bonds is 10. The highest BCUT2D eigenvalue weighted by molar-refractivity contribution is 6.04. The van der Waals surface area contributed by atoms with Crippen LogP contribution in [-0.4, -0.2) is 30.5 Å². The van der Waals surface area contributed by atoms with Gasteiger partial charge in [0.2, 0.25) is 0 Å². The molecule has 2 amide bonds. The highest BCUT2D eigenvalue weighted by Crippen LogP contribution is 2.28. The van der Waals surface area contributed by atoms with Gasteiger partial charge >= 0.3 is 0 Å². The maximum absolute atomic E-state index is 12.7. The first kappa shape index (κ1) is 23.8. The summed E-state index contributed by atoms with van der Waals surface area (Å²) in [5.74, 6) is 1.23. The third kappa shape index (κ3) is 7.07. The first-order valence-corrected chi connectivity index (χ1v) is 10.9. The van der Waals surface area contributed by atoms with Gasteiger partial charge in [-0.15, -0.1) is 0 Å². The van der Waals surface area contributed by atoms with E-state index in [1.54, 1.807) is 55.9 Å². The summed E-state index contributed by atoms with van der Waals surface area (Å²) in [6, 6.07) is 15.8. The van der Waals surface area contributed by atoms with E-state index in [4.69, 9.17) is 9.47 Å². The quantitative estimate of drug-likeness (QED) is 0.470. The van der Waals surface area contributed by atoms with Gasteiger partial charge < -0.3 is 20.1 Å². The Labute approximate surface area is 194 Å². The molecule has 0 saturated heterocycles.